The predicted octanol–water partition coefficient (Wildman–Crippen LogP) is 1.21. The number of carbonyl (C=O) groups excluding carboxylic acids is 1. The lowest BCUT2D eigenvalue weighted by molar-refractivity contribution is 0.253. The van der Waals surface area contributed by atoms with Crippen molar-refractivity contribution in [2.24, 2.45) is 10.9 Å². The van der Waals surface area contributed by atoms with Gasteiger partial charge >= 0.3 is 6.03 Å². The minimum absolute atomic E-state index is 0.0488. The molecule has 2 amide bonds. The maximum absolute atomic E-state index is 11.3. The zero-order valence-electron chi connectivity index (χ0n) is 8.27. The third-order valence-electron chi connectivity index (χ3n) is 1.68. The molecule has 0 saturated heterocycles. The topological polar surface area (TPSA) is 99.7 Å². The summed E-state index contributed by atoms with van der Waals surface area (Å²) in [6, 6.07) is 6.32. The van der Waals surface area contributed by atoms with Gasteiger partial charge in [-0.3, -0.25) is 0 Å². The summed E-state index contributed by atoms with van der Waals surface area (Å²) < 4.78 is 0. The molecule has 0 aliphatic carbocycles. The molecule has 0 aliphatic heterocycles. The lowest BCUT2D eigenvalue weighted by atomic mass is 10.3. The number of nitrogens with zero attached hydrogens (tertiary/aromatic N) is 1. The molecule has 0 spiro atoms. The molecule has 0 heterocycles. The maximum Gasteiger partial charge on any atom is 0.319 e. The molecule has 0 saturated carbocycles. The van der Waals surface area contributed by atoms with Gasteiger partial charge in [-0.15, -0.1) is 0 Å². The molecule has 0 radical (unpaired) electrons. The first kappa shape index (κ1) is 12.1. The number of amidine groups is 1. The van der Waals surface area contributed by atoms with Crippen molar-refractivity contribution in [3.63, 3.8) is 0 Å². The Kier molecular flexibility index (Phi) is 4.41. The smallest absolute Gasteiger partial charge is 0.319 e. The van der Waals surface area contributed by atoms with Crippen LogP contribution in [0.1, 0.15) is 0 Å². The van der Waals surface area contributed by atoms with Gasteiger partial charge in [0, 0.05) is 0 Å². The Hall–Kier alpha value is -1.95. The average Bonchev–Trinajstić information content (AvgIpc) is 2.29. The Morgan fingerprint density at radius 2 is 2.19 bits per heavy atom. The Morgan fingerprint density at radius 3 is 2.81 bits per heavy atom. The van der Waals surface area contributed by atoms with Gasteiger partial charge in [-0.2, -0.15) is 0 Å². The molecule has 0 aliphatic rings. The number of urea groups is 1. The number of amides is 2. The van der Waals surface area contributed by atoms with Crippen molar-refractivity contribution in [2.75, 3.05) is 11.9 Å². The molecule has 16 heavy (non-hydrogen) atoms. The van der Waals surface area contributed by atoms with Crippen LogP contribution in [0.2, 0.25) is 5.02 Å². The van der Waals surface area contributed by atoms with Gasteiger partial charge in [-0.05, 0) is 12.1 Å². The number of nitrogens with one attached hydrogen (secondary N) is 2. The fourth-order valence-electron chi connectivity index (χ4n) is 0.935. The molecule has 5 N–H and O–H groups in total. The predicted molar refractivity (Wildman–Crippen MR) is 61.9 cm³/mol. The number of oxime groups is 1. The first-order valence-electron chi connectivity index (χ1n) is 4.39. The number of nitrogens with two attached hydrogens (primary N) is 1. The molecule has 7 heteroatoms. The van der Waals surface area contributed by atoms with Crippen LogP contribution in [0.5, 0.6) is 0 Å². The molecule has 1 rings (SSSR count). The summed E-state index contributed by atoms with van der Waals surface area (Å²) >= 11 is 5.83. The fraction of sp³-hybridized carbons (Fsp3) is 0.111. The van der Waals surface area contributed by atoms with Crippen LogP contribution in [0.3, 0.4) is 0 Å². The number of hydrogen-bond acceptors (Lipinski definition) is 3. The van der Waals surface area contributed by atoms with Gasteiger partial charge in [0.2, 0.25) is 0 Å². The summed E-state index contributed by atoms with van der Waals surface area (Å²) in [6.07, 6.45) is 0. The summed E-state index contributed by atoms with van der Waals surface area (Å²) in [5.74, 6) is -0.0886. The third kappa shape index (κ3) is 3.66. The summed E-state index contributed by atoms with van der Waals surface area (Å²) in [4.78, 5) is 11.3. The van der Waals surface area contributed by atoms with Crippen molar-refractivity contribution in [1.29, 1.82) is 0 Å². The van der Waals surface area contributed by atoms with Crippen LogP contribution in [0.25, 0.3) is 0 Å². The van der Waals surface area contributed by atoms with Crippen LogP contribution in [0, 0.1) is 0 Å². The van der Waals surface area contributed by atoms with Crippen molar-refractivity contribution in [2.45, 2.75) is 0 Å². The van der Waals surface area contributed by atoms with Crippen molar-refractivity contribution < 1.29 is 10.0 Å². The Morgan fingerprint density at radius 1 is 1.50 bits per heavy atom. The molecule has 6 nitrogen and oxygen atoms in total. The number of hydrogen-bond donors (Lipinski definition) is 4. The van der Waals surface area contributed by atoms with E-state index in [1.807, 2.05) is 0 Å². The van der Waals surface area contributed by atoms with Crippen LogP contribution >= 0.6 is 11.6 Å². The largest absolute Gasteiger partial charge is 0.409 e. The van der Waals surface area contributed by atoms with Crippen molar-refractivity contribution >= 4 is 29.2 Å². The second kappa shape index (κ2) is 5.82. The molecule has 1 aromatic rings. The SMILES string of the molecule is N/C(CNC(=O)Nc1ccccc1Cl)=N/O. The molecule has 0 fully saturated rings. The van der Waals surface area contributed by atoms with Gasteiger partial charge in [-0.25, -0.2) is 4.79 Å². The fourth-order valence-corrected chi connectivity index (χ4v) is 1.12. The number of rotatable bonds is 3. The molecule has 0 bridgehead atoms. The van der Waals surface area contributed by atoms with Crippen LogP contribution < -0.4 is 16.4 Å². The van der Waals surface area contributed by atoms with E-state index in [0.29, 0.717) is 10.7 Å². The molecule has 0 atom stereocenters. The van der Waals surface area contributed by atoms with Gasteiger partial charge in [0.05, 0.1) is 17.3 Å². The molecular weight excluding hydrogens is 232 g/mol. The van der Waals surface area contributed by atoms with Gasteiger partial charge in [0.15, 0.2) is 5.84 Å². The van der Waals surface area contributed by atoms with Crippen LogP contribution in [0.4, 0.5) is 10.5 Å². The first-order chi connectivity index (χ1) is 7.63. The van der Waals surface area contributed by atoms with Crippen molar-refractivity contribution in [3.8, 4) is 0 Å². The highest BCUT2D eigenvalue weighted by Gasteiger charge is 2.04. The normalized spacial score (nSPS) is 10.9. The van der Waals surface area contributed by atoms with Crippen LogP contribution in [-0.2, 0) is 0 Å². The van der Waals surface area contributed by atoms with Crippen molar-refractivity contribution in [3.05, 3.63) is 29.3 Å². The van der Waals surface area contributed by atoms with E-state index in [2.05, 4.69) is 15.8 Å². The quantitative estimate of drug-likeness (QED) is 0.277. The summed E-state index contributed by atoms with van der Waals surface area (Å²) in [6.45, 7) is -0.0488. The third-order valence-corrected chi connectivity index (χ3v) is 2.01. The highest BCUT2D eigenvalue weighted by molar-refractivity contribution is 6.33. The molecular formula is C9H11ClN4O2. The Bertz CT molecular complexity index is 408. The minimum atomic E-state index is -0.486. The van der Waals surface area contributed by atoms with E-state index in [0.717, 1.165) is 0 Å². The van der Waals surface area contributed by atoms with Crippen LogP contribution in [-0.4, -0.2) is 23.6 Å². The van der Waals surface area contributed by atoms with Gasteiger partial charge in [0.25, 0.3) is 0 Å². The van der Waals surface area contributed by atoms with E-state index in [1.165, 1.54) is 0 Å². The van der Waals surface area contributed by atoms with Gasteiger partial charge in [0.1, 0.15) is 0 Å². The van der Waals surface area contributed by atoms with E-state index >= 15 is 0 Å². The lowest BCUT2D eigenvalue weighted by Gasteiger charge is -2.07. The Balaban J connectivity index is 2.49. The van der Waals surface area contributed by atoms with E-state index < -0.39 is 6.03 Å². The molecule has 0 aromatic heterocycles. The second-order valence-electron chi connectivity index (χ2n) is 2.88. The zero-order valence-corrected chi connectivity index (χ0v) is 9.03. The number of halogens is 1. The number of anilines is 1. The van der Waals surface area contributed by atoms with E-state index in [4.69, 9.17) is 22.5 Å². The lowest BCUT2D eigenvalue weighted by Crippen LogP contribution is -2.36. The molecule has 1 aromatic carbocycles. The standard InChI is InChI=1S/C9H11ClN4O2/c10-6-3-1-2-4-7(6)13-9(15)12-5-8(11)14-16/h1-4,16H,5H2,(H2,11,14)(H2,12,13,15). The van der Waals surface area contributed by atoms with Crippen LogP contribution in [0.15, 0.2) is 29.4 Å². The molecule has 0 unspecified atom stereocenters. The second-order valence-corrected chi connectivity index (χ2v) is 3.29. The van der Waals surface area contributed by atoms with Crippen molar-refractivity contribution in [1.82, 2.24) is 5.32 Å². The number of carbonyl (C=O) groups is 1. The van der Waals surface area contributed by atoms with E-state index in [1.54, 1.807) is 24.3 Å². The summed E-state index contributed by atoms with van der Waals surface area (Å²) in [5, 5.41) is 16.3. The summed E-state index contributed by atoms with van der Waals surface area (Å²) in [7, 11) is 0. The first-order valence-corrected chi connectivity index (χ1v) is 4.77. The summed E-state index contributed by atoms with van der Waals surface area (Å²) in [5.41, 5.74) is 5.66. The number of benzene rings is 1. The van der Waals surface area contributed by atoms with Gasteiger partial charge in [-0.1, -0.05) is 28.9 Å². The van der Waals surface area contributed by atoms with Gasteiger partial charge < -0.3 is 21.6 Å². The average molecular weight is 243 g/mol. The van der Waals surface area contributed by atoms with E-state index in [-0.39, 0.29) is 12.4 Å². The zero-order chi connectivity index (χ0) is 12.0. The highest BCUT2D eigenvalue weighted by atomic mass is 35.5. The highest BCUT2D eigenvalue weighted by Crippen LogP contribution is 2.19. The number of para-hydroxylation sites is 1. The minimum Gasteiger partial charge on any atom is -0.409 e. The Labute approximate surface area is 97.1 Å². The maximum atomic E-state index is 11.3. The van der Waals surface area contributed by atoms with E-state index in [9.17, 15) is 4.79 Å². The molecule has 86 valence electrons. The monoisotopic (exact) mass is 242 g/mol.